The summed E-state index contributed by atoms with van der Waals surface area (Å²) in [5, 5.41) is 1.13. The minimum atomic E-state index is -0.118. The van der Waals surface area contributed by atoms with E-state index < -0.39 is 0 Å². The maximum Gasteiger partial charge on any atom is 0.0731 e. The van der Waals surface area contributed by atoms with Crippen LogP contribution in [0.5, 0.6) is 0 Å². The van der Waals surface area contributed by atoms with Gasteiger partial charge in [-0.1, -0.05) is 18.2 Å². The van der Waals surface area contributed by atoms with Gasteiger partial charge in [0.15, 0.2) is 0 Å². The zero-order valence-corrected chi connectivity index (χ0v) is 12.8. The van der Waals surface area contributed by atoms with Crippen LogP contribution in [-0.4, -0.2) is 4.98 Å². The Morgan fingerprint density at radius 3 is 2.79 bits per heavy atom. The van der Waals surface area contributed by atoms with Gasteiger partial charge < -0.3 is 5.73 Å². The van der Waals surface area contributed by atoms with Crippen LogP contribution in [-0.2, 0) is 0 Å². The molecule has 4 heteroatoms. The first-order chi connectivity index (χ1) is 9.15. The first-order valence-corrected chi connectivity index (χ1v) is 7.62. The van der Waals surface area contributed by atoms with Crippen LogP contribution >= 0.6 is 27.3 Å². The molecule has 0 saturated carbocycles. The van der Waals surface area contributed by atoms with Gasteiger partial charge in [-0.2, -0.15) is 0 Å². The lowest BCUT2D eigenvalue weighted by Crippen LogP contribution is -2.10. The molecule has 0 aliphatic rings. The lowest BCUT2D eigenvalue weighted by molar-refractivity contribution is 0.887. The van der Waals surface area contributed by atoms with E-state index in [1.165, 1.54) is 5.56 Å². The SMILES string of the molecule is Cc1cc(C(N)c2cnc3ccccc3c2)sc1Br. The Balaban J connectivity index is 2.03. The molecule has 0 aliphatic heterocycles. The first kappa shape index (κ1) is 12.8. The zero-order valence-electron chi connectivity index (χ0n) is 10.4. The number of hydrogen-bond donors (Lipinski definition) is 1. The van der Waals surface area contributed by atoms with E-state index in [0.29, 0.717) is 0 Å². The second-order valence-electron chi connectivity index (χ2n) is 4.54. The van der Waals surface area contributed by atoms with Crippen molar-refractivity contribution in [2.24, 2.45) is 5.73 Å². The van der Waals surface area contributed by atoms with Gasteiger partial charge in [0.1, 0.15) is 0 Å². The number of halogens is 1. The topological polar surface area (TPSA) is 38.9 Å². The van der Waals surface area contributed by atoms with Crippen LogP contribution in [0.1, 0.15) is 22.0 Å². The summed E-state index contributed by atoms with van der Waals surface area (Å²) >= 11 is 5.23. The molecule has 0 fully saturated rings. The molecular weight excluding hydrogens is 320 g/mol. The standard InChI is InChI=1S/C15H13BrN2S/c1-9-6-13(19-15(9)16)14(17)11-7-10-4-2-3-5-12(10)18-8-11/h2-8,14H,17H2,1H3. The lowest BCUT2D eigenvalue weighted by atomic mass is 10.1. The summed E-state index contributed by atoms with van der Waals surface area (Å²) in [5.41, 5.74) is 9.62. The number of hydrogen-bond acceptors (Lipinski definition) is 3. The quantitative estimate of drug-likeness (QED) is 0.754. The molecule has 0 spiro atoms. The van der Waals surface area contributed by atoms with Crippen molar-refractivity contribution in [3.8, 4) is 0 Å². The van der Waals surface area contributed by atoms with Gasteiger partial charge in [-0.3, -0.25) is 4.98 Å². The predicted molar refractivity (Wildman–Crippen MR) is 84.5 cm³/mol. The largest absolute Gasteiger partial charge is 0.320 e. The minimum Gasteiger partial charge on any atom is -0.320 e. The molecule has 1 unspecified atom stereocenters. The van der Waals surface area contributed by atoms with Crippen molar-refractivity contribution in [2.75, 3.05) is 0 Å². The average Bonchev–Trinajstić information content (AvgIpc) is 2.77. The van der Waals surface area contributed by atoms with E-state index in [9.17, 15) is 0 Å². The molecule has 19 heavy (non-hydrogen) atoms. The molecule has 1 atom stereocenters. The molecule has 3 aromatic rings. The van der Waals surface area contributed by atoms with Gasteiger partial charge in [0, 0.05) is 16.5 Å². The van der Waals surface area contributed by atoms with Crippen LogP contribution in [0.15, 0.2) is 46.4 Å². The van der Waals surface area contributed by atoms with E-state index in [1.54, 1.807) is 11.3 Å². The van der Waals surface area contributed by atoms with Crippen LogP contribution in [0.2, 0.25) is 0 Å². The summed E-state index contributed by atoms with van der Waals surface area (Å²) in [6, 6.07) is 12.2. The Labute approximate surface area is 124 Å². The summed E-state index contributed by atoms with van der Waals surface area (Å²) in [5.74, 6) is 0. The Morgan fingerprint density at radius 2 is 2.05 bits per heavy atom. The Kier molecular flexibility index (Phi) is 3.39. The summed E-state index contributed by atoms with van der Waals surface area (Å²) in [4.78, 5) is 5.62. The Morgan fingerprint density at radius 1 is 1.26 bits per heavy atom. The molecule has 2 heterocycles. The summed E-state index contributed by atoms with van der Waals surface area (Å²) in [7, 11) is 0. The van der Waals surface area contributed by atoms with Crippen molar-refractivity contribution in [1.29, 1.82) is 0 Å². The van der Waals surface area contributed by atoms with E-state index in [4.69, 9.17) is 5.73 Å². The van der Waals surface area contributed by atoms with E-state index in [1.807, 2.05) is 24.4 Å². The summed E-state index contributed by atoms with van der Waals surface area (Å²) in [6.45, 7) is 2.08. The fourth-order valence-corrected chi connectivity index (χ4v) is 3.66. The van der Waals surface area contributed by atoms with E-state index >= 15 is 0 Å². The number of rotatable bonds is 2. The van der Waals surface area contributed by atoms with Crippen molar-refractivity contribution in [3.05, 3.63) is 62.4 Å². The molecular formula is C15H13BrN2S. The molecule has 2 N–H and O–H groups in total. The van der Waals surface area contributed by atoms with Gasteiger partial charge in [0.25, 0.3) is 0 Å². The number of nitrogens with zero attached hydrogens (tertiary/aromatic N) is 1. The van der Waals surface area contributed by atoms with E-state index in [0.717, 1.165) is 25.1 Å². The highest BCUT2D eigenvalue weighted by Gasteiger charge is 2.14. The number of nitrogens with two attached hydrogens (primary N) is 1. The van der Waals surface area contributed by atoms with Gasteiger partial charge in [0.05, 0.1) is 15.3 Å². The number of pyridine rings is 1. The third kappa shape index (κ3) is 2.43. The van der Waals surface area contributed by atoms with Crippen LogP contribution in [0.4, 0.5) is 0 Å². The Bertz CT molecular complexity index is 716. The van der Waals surface area contributed by atoms with Gasteiger partial charge in [0.2, 0.25) is 0 Å². The zero-order chi connectivity index (χ0) is 13.4. The van der Waals surface area contributed by atoms with Crippen molar-refractivity contribution >= 4 is 38.2 Å². The average molecular weight is 333 g/mol. The third-order valence-electron chi connectivity index (χ3n) is 3.15. The number of benzene rings is 1. The van der Waals surface area contributed by atoms with Crippen LogP contribution in [0.3, 0.4) is 0 Å². The fraction of sp³-hybridized carbons (Fsp3) is 0.133. The normalized spacial score (nSPS) is 12.8. The maximum absolute atomic E-state index is 6.34. The first-order valence-electron chi connectivity index (χ1n) is 6.01. The Hall–Kier alpha value is -1.23. The molecule has 1 aromatic carbocycles. The number of aryl methyl sites for hydroxylation is 1. The summed E-state index contributed by atoms with van der Waals surface area (Å²) < 4.78 is 1.15. The molecule has 96 valence electrons. The highest BCUT2D eigenvalue weighted by Crippen LogP contribution is 2.33. The number of thiophene rings is 1. The molecule has 0 aliphatic carbocycles. The second-order valence-corrected chi connectivity index (χ2v) is 6.95. The van der Waals surface area contributed by atoms with Crippen LogP contribution in [0, 0.1) is 6.92 Å². The lowest BCUT2D eigenvalue weighted by Gasteiger charge is -2.10. The molecule has 2 aromatic heterocycles. The molecule has 3 rings (SSSR count). The highest BCUT2D eigenvalue weighted by atomic mass is 79.9. The predicted octanol–water partition coefficient (Wildman–Crippen LogP) is 4.42. The van der Waals surface area contributed by atoms with Gasteiger partial charge in [-0.25, -0.2) is 0 Å². The van der Waals surface area contributed by atoms with Crippen molar-refractivity contribution in [2.45, 2.75) is 13.0 Å². The molecule has 2 nitrogen and oxygen atoms in total. The van der Waals surface area contributed by atoms with Gasteiger partial charge in [-0.05, 0) is 52.2 Å². The second kappa shape index (κ2) is 5.04. The molecule has 0 radical (unpaired) electrons. The smallest absolute Gasteiger partial charge is 0.0731 e. The van der Waals surface area contributed by atoms with Gasteiger partial charge in [-0.15, -0.1) is 11.3 Å². The number of para-hydroxylation sites is 1. The van der Waals surface area contributed by atoms with Crippen molar-refractivity contribution < 1.29 is 0 Å². The van der Waals surface area contributed by atoms with E-state index in [-0.39, 0.29) is 6.04 Å². The molecule has 0 saturated heterocycles. The number of aromatic nitrogens is 1. The van der Waals surface area contributed by atoms with Gasteiger partial charge >= 0.3 is 0 Å². The van der Waals surface area contributed by atoms with Crippen molar-refractivity contribution in [1.82, 2.24) is 4.98 Å². The molecule has 0 amide bonds. The minimum absolute atomic E-state index is 0.118. The van der Waals surface area contributed by atoms with Crippen molar-refractivity contribution in [3.63, 3.8) is 0 Å². The third-order valence-corrected chi connectivity index (χ3v) is 5.37. The van der Waals surface area contributed by atoms with E-state index in [2.05, 4.69) is 46.0 Å². The summed E-state index contributed by atoms with van der Waals surface area (Å²) in [6.07, 6.45) is 1.87. The van der Waals surface area contributed by atoms with Crippen LogP contribution in [0.25, 0.3) is 10.9 Å². The number of fused-ring (bicyclic) bond motifs is 1. The monoisotopic (exact) mass is 332 g/mol. The van der Waals surface area contributed by atoms with Crippen LogP contribution < -0.4 is 5.73 Å². The highest BCUT2D eigenvalue weighted by molar-refractivity contribution is 9.11. The fourth-order valence-electron chi connectivity index (χ4n) is 2.06. The molecule has 0 bridgehead atoms. The maximum atomic E-state index is 6.34.